The van der Waals surface area contributed by atoms with Gasteiger partial charge in [-0.2, -0.15) is 0 Å². The van der Waals surface area contributed by atoms with Crippen molar-refractivity contribution < 1.29 is 9.53 Å². The molecule has 0 saturated heterocycles. The average Bonchev–Trinajstić information content (AvgIpc) is 2.47. The minimum absolute atomic E-state index is 0.259. The number of nitrogens with one attached hydrogen (secondary N) is 1. The van der Waals surface area contributed by atoms with Crippen LogP contribution in [-0.2, 0) is 4.74 Å². The fraction of sp³-hybridized carbons (Fsp3) is 0.462. The number of hydrogen-bond donors (Lipinski definition) is 1. The van der Waals surface area contributed by atoms with Crippen LogP contribution in [-0.4, -0.2) is 25.4 Å². The lowest BCUT2D eigenvalue weighted by Crippen LogP contribution is -2.23. The molecule has 4 heteroatoms. The van der Waals surface area contributed by atoms with E-state index in [4.69, 9.17) is 4.74 Å². The Morgan fingerprint density at radius 1 is 1.47 bits per heavy atom. The van der Waals surface area contributed by atoms with E-state index in [-0.39, 0.29) is 11.4 Å². The van der Waals surface area contributed by atoms with E-state index in [1.807, 2.05) is 30.0 Å². The first-order chi connectivity index (χ1) is 8.02. The first-order valence-electron chi connectivity index (χ1n) is 5.61. The molecule has 3 nitrogen and oxygen atoms in total. The Balaban J connectivity index is 2.29. The van der Waals surface area contributed by atoms with Gasteiger partial charge in [0.2, 0.25) is 0 Å². The van der Waals surface area contributed by atoms with Crippen LogP contribution >= 0.6 is 11.8 Å². The van der Waals surface area contributed by atoms with Gasteiger partial charge in [0, 0.05) is 22.9 Å². The third-order valence-electron chi connectivity index (χ3n) is 2.78. The summed E-state index contributed by atoms with van der Waals surface area (Å²) in [6.07, 6.45) is 0. The largest absolute Gasteiger partial charge is 0.465 e. The van der Waals surface area contributed by atoms with Crippen LogP contribution in [0.4, 0.5) is 5.69 Å². The second-order valence-electron chi connectivity index (χ2n) is 5.01. The fourth-order valence-corrected chi connectivity index (χ4v) is 2.80. The van der Waals surface area contributed by atoms with Crippen molar-refractivity contribution in [2.75, 3.05) is 24.7 Å². The first-order valence-corrected chi connectivity index (χ1v) is 6.59. The van der Waals surface area contributed by atoms with Crippen LogP contribution in [0.5, 0.6) is 0 Å². The number of esters is 1. The molecule has 0 aliphatic carbocycles. The van der Waals surface area contributed by atoms with Crippen molar-refractivity contribution in [1.29, 1.82) is 0 Å². The predicted octanol–water partition coefficient (Wildman–Crippen LogP) is 3.02. The van der Waals surface area contributed by atoms with Crippen molar-refractivity contribution in [2.45, 2.75) is 18.7 Å². The zero-order chi connectivity index (χ0) is 12.5. The van der Waals surface area contributed by atoms with E-state index in [1.54, 1.807) is 0 Å². The molecule has 0 fully saturated rings. The molecule has 0 spiro atoms. The highest BCUT2D eigenvalue weighted by atomic mass is 32.2. The molecule has 1 aliphatic rings. The molecule has 0 aromatic heterocycles. The van der Waals surface area contributed by atoms with Gasteiger partial charge in [-0.15, -0.1) is 11.8 Å². The van der Waals surface area contributed by atoms with Crippen LogP contribution in [0.15, 0.2) is 23.1 Å². The van der Waals surface area contributed by atoms with E-state index < -0.39 is 0 Å². The highest BCUT2D eigenvalue weighted by Gasteiger charge is 2.23. The molecule has 0 saturated carbocycles. The van der Waals surface area contributed by atoms with E-state index >= 15 is 0 Å². The molecule has 0 atom stereocenters. The van der Waals surface area contributed by atoms with E-state index in [0.717, 1.165) is 18.0 Å². The summed E-state index contributed by atoms with van der Waals surface area (Å²) in [6, 6.07) is 5.67. The number of hydrogen-bond acceptors (Lipinski definition) is 4. The highest BCUT2D eigenvalue weighted by Crippen LogP contribution is 2.36. The molecule has 1 aliphatic heterocycles. The number of methoxy groups -OCH3 is 1. The molecule has 1 N–H and O–H groups in total. The first kappa shape index (κ1) is 12.3. The molecule has 2 rings (SSSR count). The minimum atomic E-state index is -0.289. The zero-order valence-electron chi connectivity index (χ0n) is 10.4. The van der Waals surface area contributed by atoms with Crippen molar-refractivity contribution in [3.05, 3.63) is 23.8 Å². The summed E-state index contributed by atoms with van der Waals surface area (Å²) >= 11 is 1.83. The van der Waals surface area contributed by atoms with Gasteiger partial charge in [-0.25, -0.2) is 4.79 Å². The number of rotatable bonds is 1. The zero-order valence-corrected chi connectivity index (χ0v) is 11.2. The lowest BCUT2D eigenvalue weighted by molar-refractivity contribution is 0.0600. The normalized spacial score (nSPS) is 17.6. The number of anilines is 1. The minimum Gasteiger partial charge on any atom is -0.465 e. The van der Waals surface area contributed by atoms with Crippen molar-refractivity contribution in [2.24, 2.45) is 5.41 Å². The van der Waals surface area contributed by atoms with E-state index in [1.165, 1.54) is 12.0 Å². The third-order valence-corrected chi connectivity index (χ3v) is 4.37. The SMILES string of the molecule is COC(=O)c1ccc2c(c1)NCC(C)(C)CS2. The standard InChI is InChI=1S/C13H17NO2S/c1-13(2)7-14-10-6-9(12(15)16-3)4-5-11(10)17-8-13/h4-6,14H,7-8H2,1-3H3. The quantitative estimate of drug-likeness (QED) is 0.779. The molecule has 92 valence electrons. The van der Waals surface area contributed by atoms with Gasteiger partial charge < -0.3 is 10.1 Å². The van der Waals surface area contributed by atoms with Gasteiger partial charge >= 0.3 is 5.97 Å². The van der Waals surface area contributed by atoms with Crippen molar-refractivity contribution >= 4 is 23.4 Å². The predicted molar refractivity (Wildman–Crippen MR) is 70.8 cm³/mol. The fourth-order valence-electron chi connectivity index (χ4n) is 1.70. The van der Waals surface area contributed by atoms with E-state index in [9.17, 15) is 4.79 Å². The van der Waals surface area contributed by atoms with Gasteiger partial charge in [-0.1, -0.05) is 13.8 Å². The summed E-state index contributed by atoms with van der Waals surface area (Å²) in [5.41, 5.74) is 1.89. The smallest absolute Gasteiger partial charge is 0.337 e. The van der Waals surface area contributed by atoms with Crippen LogP contribution in [0.25, 0.3) is 0 Å². The Labute approximate surface area is 106 Å². The molecule has 1 aromatic rings. The Morgan fingerprint density at radius 3 is 2.94 bits per heavy atom. The number of carbonyl (C=O) groups excluding carboxylic acids is 1. The molecule has 0 radical (unpaired) electrons. The molecule has 0 unspecified atom stereocenters. The van der Waals surface area contributed by atoms with Crippen LogP contribution in [0.3, 0.4) is 0 Å². The Kier molecular flexibility index (Phi) is 3.33. The number of fused-ring (bicyclic) bond motifs is 1. The maximum Gasteiger partial charge on any atom is 0.337 e. The molecule has 17 heavy (non-hydrogen) atoms. The summed E-state index contributed by atoms with van der Waals surface area (Å²) in [5, 5.41) is 3.41. The monoisotopic (exact) mass is 251 g/mol. The number of thioether (sulfide) groups is 1. The van der Waals surface area contributed by atoms with E-state index in [2.05, 4.69) is 19.2 Å². The van der Waals surface area contributed by atoms with Gasteiger partial charge in [0.1, 0.15) is 0 Å². The number of ether oxygens (including phenoxy) is 1. The molecule has 0 amide bonds. The molecule has 0 bridgehead atoms. The average molecular weight is 251 g/mol. The van der Waals surface area contributed by atoms with Crippen LogP contribution in [0, 0.1) is 5.41 Å². The number of carbonyl (C=O) groups is 1. The van der Waals surface area contributed by atoms with Gasteiger partial charge in [-0.3, -0.25) is 0 Å². The molecular formula is C13H17NO2S. The second kappa shape index (κ2) is 4.61. The summed E-state index contributed by atoms with van der Waals surface area (Å²) in [4.78, 5) is 12.7. The number of benzene rings is 1. The highest BCUT2D eigenvalue weighted by molar-refractivity contribution is 7.99. The van der Waals surface area contributed by atoms with Crippen molar-refractivity contribution in [3.63, 3.8) is 0 Å². The van der Waals surface area contributed by atoms with Crippen LogP contribution in [0.1, 0.15) is 24.2 Å². The summed E-state index contributed by atoms with van der Waals surface area (Å²) < 4.78 is 4.73. The van der Waals surface area contributed by atoms with Crippen molar-refractivity contribution in [3.8, 4) is 0 Å². The van der Waals surface area contributed by atoms with Crippen LogP contribution in [0.2, 0.25) is 0 Å². The summed E-state index contributed by atoms with van der Waals surface area (Å²) in [5.74, 6) is 0.785. The van der Waals surface area contributed by atoms with Gasteiger partial charge in [0.15, 0.2) is 0 Å². The maximum atomic E-state index is 11.5. The maximum absolute atomic E-state index is 11.5. The van der Waals surface area contributed by atoms with Gasteiger partial charge in [-0.05, 0) is 23.6 Å². The molecule has 1 aromatic carbocycles. The Hall–Kier alpha value is -1.16. The van der Waals surface area contributed by atoms with Gasteiger partial charge in [0.05, 0.1) is 12.7 Å². The van der Waals surface area contributed by atoms with E-state index in [0.29, 0.717) is 5.56 Å². The Bertz CT molecular complexity index is 443. The lowest BCUT2D eigenvalue weighted by Gasteiger charge is -2.21. The second-order valence-corrected chi connectivity index (χ2v) is 6.03. The van der Waals surface area contributed by atoms with Crippen LogP contribution < -0.4 is 5.32 Å². The van der Waals surface area contributed by atoms with Gasteiger partial charge in [0.25, 0.3) is 0 Å². The lowest BCUT2D eigenvalue weighted by atomic mass is 9.96. The third kappa shape index (κ3) is 2.75. The summed E-state index contributed by atoms with van der Waals surface area (Å²) in [7, 11) is 1.40. The Morgan fingerprint density at radius 2 is 2.24 bits per heavy atom. The molecule has 1 heterocycles. The molecular weight excluding hydrogens is 234 g/mol. The van der Waals surface area contributed by atoms with Crippen molar-refractivity contribution in [1.82, 2.24) is 0 Å². The summed E-state index contributed by atoms with van der Waals surface area (Å²) in [6.45, 7) is 5.39. The topological polar surface area (TPSA) is 38.3 Å².